The molecule has 0 saturated carbocycles. The van der Waals surface area contributed by atoms with Crippen LogP contribution in [0.5, 0.6) is 0 Å². The van der Waals surface area contributed by atoms with E-state index in [1.165, 1.54) is 86.2 Å². The number of rotatable bonds is 6. The Balaban J connectivity index is 0.000000127. The van der Waals surface area contributed by atoms with Crippen molar-refractivity contribution in [2.45, 2.75) is 6.92 Å². The first-order chi connectivity index (χ1) is 40.6. The van der Waals surface area contributed by atoms with Gasteiger partial charge in [0.1, 0.15) is 0 Å². The molecule has 6 nitrogen and oxygen atoms in total. The Morgan fingerprint density at radius 3 is 1.31 bits per heavy atom. The van der Waals surface area contributed by atoms with E-state index in [9.17, 15) is 0 Å². The van der Waals surface area contributed by atoms with Gasteiger partial charge in [0.05, 0.1) is 26.8 Å². The van der Waals surface area contributed by atoms with Crippen molar-refractivity contribution in [2.24, 2.45) is 0 Å². The third kappa shape index (κ3) is 11.2. The molecule has 0 spiro atoms. The fraction of sp³-hybridized carbons (Fsp3) is 0.0133. The fourth-order valence-corrected chi connectivity index (χ4v) is 11.8. The summed E-state index contributed by atoms with van der Waals surface area (Å²) in [5.41, 5.74) is 15.6. The normalized spacial score (nSPS) is 10.9. The Hall–Kier alpha value is -9.95. The average molecular weight is 1260 g/mol. The zero-order chi connectivity index (χ0) is 55.0. The monoisotopic (exact) mass is 1260 g/mol. The molecule has 396 valence electrons. The standard InChI is InChI=1S/C35H21N3S.C18H14N.2C11H8N.Ir/c1-5-13-29-23(9-1)24-10-2-6-14-30(24)37(29)22-17-18-33-28(21-22)27-19-20-36-35(34(27)39-33)38-31-15-7-3-11-25(31)26-12-4-8-16-32(26)38;1-14-12-18(16-10-6-3-7-11-16)19-13-17(14)15-8-4-2-5-9-15;2*1-2-6-10(7-3-1)11-8-4-5-9-12-11;/h1-21H;2-10,12-13H,1H3;2*1-6,8-9H;/q;3*-1;+3. The smallest absolute Gasteiger partial charge is 0.309 e. The maximum absolute atomic E-state index is 4.97. The van der Waals surface area contributed by atoms with Gasteiger partial charge >= 0.3 is 20.1 Å². The molecule has 0 aliphatic carbocycles. The first kappa shape index (κ1) is 53.7. The molecule has 0 bridgehead atoms. The molecular formula is C75H51IrN6S. The Morgan fingerprint density at radius 1 is 0.361 bits per heavy atom. The molecule has 0 N–H and O–H groups in total. The van der Waals surface area contributed by atoms with Crippen LogP contribution in [0, 0.1) is 25.1 Å². The van der Waals surface area contributed by atoms with Gasteiger partial charge < -0.3 is 19.5 Å². The number of aryl methyl sites for hydroxylation is 1. The van der Waals surface area contributed by atoms with E-state index >= 15 is 0 Å². The Bertz CT molecular complexity index is 4540. The van der Waals surface area contributed by atoms with Crippen LogP contribution in [0.1, 0.15) is 5.56 Å². The minimum Gasteiger partial charge on any atom is -0.309 e. The molecule has 0 fully saturated rings. The number of aromatic nitrogens is 6. The van der Waals surface area contributed by atoms with Gasteiger partial charge in [-0.25, -0.2) is 4.98 Å². The fourth-order valence-electron chi connectivity index (χ4n) is 10.7. The third-order valence-electron chi connectivity index (χ3n) is 14.5. The van der Waals surface area contributed by atoms with E-state index in [2.05, 4.69) is 189 Å². The minimum atomic E-state index is 0. The van der Waals surface area contributed by atoms with E-state index < -0.39 is 0 Å². The Kier molecular flexibility index (Phi) is 16.1. The minimum absolute atomic E-state index is 0. The van der Waals surface area contributed by atoms with Crippen LogP contribution in [0.4, 0.5) is 0 Å². The van der Waals surface area contributed by atoms with E-state index in [1.54, 1.807) is 12.4 Å². The number of fused-ring (bicyclic) bond motifs is 9. The van der Waals surface area contributed by atoms with Gasteiger partial charge in [-0.1, -0.05) is 133 Å². The second kappa shape index (κ2) is 24.8. The predicted molar refractivity (Wildman–Crippen MR) is 342 cm³/mol. The molecule has 0 unspecified atom stereocenters. The molecule has 0 atom stereocenters. The van der Waals surface area contributed by atoms with Crippen LogP contribution in [0.25, 0.3) is 120 Å². The van der Waals surface area contributed by atoms with Crippen molar-refractivity contribution in [3.8, 4) is 56.4 Å². The summed E-state index contributed by atoms with van der Waals surface area (Å²) in [7, 11) is 0. The first-order valence-electron chi connectivity index (χ1n) is 27.2. The van der Waals surface area contributed by atoms with E-state index in [0.29, 0.717) is 0 Å². The van der Waals surface area contributed by atoms with E-state index in [-0.39, 0.29) is 20.1 Å². The summed E-state index contributed by atoms with van der Waals surface area (Å²) in [6.45, 7) is 2.12. The third-order valence-corrected chi connectivity index (χ3v) is 15.6. The summed E-state index contributed by atoms with van der Waals surface area (Å²) < 4.78 is 7.20. The van der Waals surface area contributed by atoms with Crippen molar-refractivity contribution in [1.29, 1.82) is 0 Å². The van der Waals surface area contributed by atoms with Crippen molar-refractivity contribution in [2.75, 3.05) is 0 Å². The quantitative estimate of drug-likeness (QED) is 0.156. The van der Waals surface area contributed by atoms with Crippen LogP contribution in [0.3, 0.4) is 0 Å². The molecule has 0 aliphatic heterocycles. The summed E-state index contributed by atoms with van der Waals surface area (Å²) in [5.74, 6) is 0.990. The number of hydrogen-bond acceptors (Lipinski definition) is 5. The van der Waals surface area contributed by atoms with Gasteiger partial charge in [-0.2, -0.15) is 0 Å². The second-order valence-electron chi connectivity index (χ2n) is 19.5. The van der Waals surface area contributed by atoms with Crippen LogP contribution < -0.4 is 0 Å². The van der Waals surface area contributed by atoms with Crippen molar-refractivity contribution in [1.82, 2.24) is 29.1 Å². The van der Waals surface area contributed by atoms with E-state index in [0.717, 1.165) is 39.6 Å². The molecule has 83 heavy (non-hydrogen) atoms. The van der Waals surface area contributed by atoms with Crippen molar-refractivity contribution in [3.05, 3.63) is 315 Å². The number of nitrogens with zero attached hydrogens (tertiary/aromatic N) is 6. The summed E-state index contributed by atoms with van der Waals surface area (Å²) in [5, 5.41) is 7.56. The van der Waals surface area contributed by atoms with Crippen molar-refractivity contribution < 1.29 is 20.1 Å². The van der Waals surface area contributed by atoms with Crippen LogP contribution in [0.15, 0.2) is 292 Å². The van der Waals surface area contributed by atoms with Gasteiger partial charge in [0.15, 0.2) is 5.82 Å². The molecule has 8 heteroatoms. The van der Waals surface area contributed by atoms with Gasteiger partial charge in [-0.15, -0.1) is 119 Å². The Labute approximate surface area is 499 Å². The van der Waals surface area contributed by atoms with Crippen molar-refractivity contribution in [3.63, 3.8) is 0 Å². The van der Waals surface area contributed by atoms with E-state index in [1.807, 2.05) is 151 Å². The molecule has 0 aliphatic rings. The van der Waals surface area contributed by atoms with Crippen LogP contribution in [-0.2, 0) is 20.1 Å². The van der Waals surface area contributed by atoms with Crippen LogP contribution >= 0.6 is 11.3 Å². The summed E-state index contributed by atoms with van der Waals surface area (Å²) in [6.07, 6.45) is 7.48. The van der Waals surface area contributed by atoms with Gasteiger partial charge in [0, 0.05) is 73.1 Å². The first-order valence-corrected chi connectivity index (χ1v) is 28.0. The summed E-state index contributed by atoms with van der Waals surface area (Å²) >= 11 is 1.82. The summed E-state index contributed by atoms with van der Waals surface area (Å²) in [4.78, 5) is 18.0. The SMILES string of the molecule is Cc1cc(-c2[c-]cccc2)ncc1-c1ccccc1.[Ir+3].[c-]1ccccc1-c1ccccn1.[c-]1ccccc1-c1ccccn1.c1ccc2c(c1)c1ccccc1n2-c1ccc2sc3c(-n4c5ccccc5c5ccccc54)nccc3c2c1. The Morgan fingerprint density at radius 2 is 0.831 bits per heavy atom. The molecular weight excluding hydrogens is 1210 g/mol. The zero-order valence-corrected chi connectivity index (χ0v) is 48.3. The van der Waals surface area contributed by atoms with Crippen LogP contribution in [-0.4, -0.2) is 29.1 Å². The van der Waals surface area contributed by atoms with Gasteiger partial charge in [0.25, 0.3) is 0 Å². The van der Waals surface area contributed by atoms with Gasteiger partial charge in [0.2, 0.25) is 0 Å². The topological polar surface area (TPSA) is 61.4 Å². The van der Waals surface area contributed by atoms with Crippen LogP contribution in [0.2, 0.25) is 0 Å². The number of pyridine rings is 4. The summed E-state index contributed by atoms with van der Waals surface area (Å²) in [6, 6.07) is 101. The largest absolute Gasteiger partial charge is 3.00 e. The van der Waals surface area contributed by atoms with E-state index in [4.69, 9.17) is 4.98 Å². The molecule has 0 radical (unpaired) electrons. The molecule has 0 saturated heterocycles. The maximum Gasteiger partial charge on any atom is 3.00 e. The molecule has 7 heterocycles. The molecule has 16 rings (SSSR count). The molecule has 16 aromatic rings. The maximum atomic E-state index is 4.97. The number of thiophene rings is 1. The molecule has 7 aromatic heterocycles. The number of benzene rings is 9. The number of para-hydroxylation sites is 4. The van der Waals surface area contributed by atoms with Gasteiger partial charge in [-0.3, -0.25) is 4.57 Å². The zero-order valence-electron chi connectivity index (χ0n) is 45.1. The second-order valence-corrected chi connectivity index (χ2v) is 20.6. The van der Waals surface area contributed by atoms with Gasteiger partial charge in [-0.05, 0) is 95.8 Å². The number of hydrogen-bond donors (Lipinski definition) is 0. The van der Waals surface area contributed by atoms with Crippen molar-refractivity contribution >= 4 is 75.1 Å². The molecule has 9 aromatic carbocycles. The average Bonchev–Trinajstić information content (AvgIpc) is 2.65. The molecule has 0 amide bonds. The predicted octanol–water partition coefficient (Wildman–Crippen LogP) is 19.3.